The van der Waals surface area contributed by atoms with E-state index in [9.17, 15) is 18.0 Å². The SMILES string of the molecule is CC(=O)N1CCc2cc(Br)cc(S(=O)(=O)CCC(=O)N3CCN(c4ccccc4Cl)CC3)c21. The van der Waals surface area contributed by atoms with Crippen LogP contribution in [0.1, 0.15) is 18.9 Å². The number of hydrogen-bond acceptors (Lipinski definition) is 5. The van der Waals surface area contributed by atoms with E-state index in [0.29, 0.717) is 54.3 Å². The summed E-state index contributed by atoms with van der Waals surface area (Å²) in [5.74, 6) is -0.682. The van der Waals surface area contributed by atoms with Crippen LogP contribution in [0.15, 0.2) is 45.8 Å². The van der Waals surface area contributed by atoms with Gasteiger partial charge in [0.1, 0.15) is 0 Å². The Bertz CT molecular complexity index is 1200. The number of piperazine rings is 1. The summed E-state index contributed by atoms with van der Waals surface area (Å²) in [7, 11) is -3.77. The molecular weight excluding hydrogens is 530 g/mol. The van der Waals surface area contributed by atoms with Gasteiger partial charge in [-0.05, 0) is 36.2 Å². The number of fused-ring (bicyclic) bond motifs is 1. The molecule has 2 aliphatic rings. The second kappa shape index (κ2) is 9.64. The summed E-state index contributed by atoms with van der Waals surface area (Å²) >= 11 is 9.66. The lowest BCUT2D eigenvalue weighted by molar-refractivity contribution is -0.131. The van der Waals surface area contributed by atoms with Crippen LogP contribution in [0.25, 0.3) is 0 Å². The van der Waals surface area contributed by atoms with Gasteiger partial charge in [0, 0.05) is 50.5 Å². The molecule has 7 nitrogen and oxygen atoms in total. The standard InChI is InChI=1S/C23H25BrClN3O4S/c1-16(29)28-8-6-17-14-18(24)15-21(23(17)28)33(31,32)13-7-22(30)27-11-9-26(10-12-27)20-5-3-2-4-19(20)25/h2-5,14-15H,6-13H2,1H3. The molecule has 33 heavy (non-hydrogen) atoms. The lowest BCUT2D eigenvalue weighted by Gasteiger charge is -2.36. The summed E-state index contributed by atoms with van der Waals surface area (Å²) in [5, 5.41) is 0.671. The van der Waals surface area contributed by atoms with Gasteiger partial charge in [0.05, 0.1) is 27.0 Å². The van der Waals surface area contributed by atoms with E-state index in [1.807, 2.05) is 30.3 Å². The number of carbonyl (C=O) groups is 2. The molecule has 0 atom stereocenters. The van der Waals surface area contributed by atoms with Crippen LogP contribution in [-0.4, -0.2) is 63.6 Å². The Kier molecular flexibility index (Phi) is 7.02. The molecule has 2 aromatic rings. The summed E-state index contributed by atoms with van der Waals surface area (Å²) in [6.07, 6.45) is 0.501. The first kappa shape index (κ1) is 24.0. The minimum absolute atomic E-state index is 0.101. The van der Waals surface area contributed by atoms with Crippen LogP contribution in [0.3, 0.4) is 0 Å². The lowest BCUT2D eigenvalue weighted by atomic mass is 10.2. The van der Waals surface area contributed by atoms with Crippen LogP contribution in [-0.2, 0) is 25.8 Å². The molecule has 10 heteroatoms. The van der Waals surface area contributed by atoms with Crippen LogP contribution >= 0.6 is 27.5 Å². The maximum Gasteiger partial charge on any atom is 0.223 e. The average molecular weight is 555 g/mol. The maximum atomic E-state index is 13.2. The van der Waals surface area contributed by atoms with Crippen molar-refractivity contribution in [3.63, 3.8) is 0 Å². The van der Waals surface area contributed by atoms with Gasteiger partial charge in [-0.2, -0.15) is 0 Å². The highest BCUT2D eigenvalue weighted by Crippen LogP contribution is 2.38. The Labute approximate surface area is 207 Å². The van der Waals surface area contributed by atoms with Crippen molar-refractivity contribution in [1.82, 2.24) is 4.90 Å². The average Bonchev–Trinajstić information content (AvgIpc) is 3.21. The molecule has 0 radical (unpaired) electrons. The molecule has 0 aromatic heterocycles. The molecule has 2 amide bonds. The number of para-hydroxylation sites is 1. The summed E-state index contributed by atoms with van der Waals surface area (Å²) in [6.45, 7) is 4.17. The molecule has 0 aliphatic carbocycles. The van der Waals surface area contributed by atoms with Gasteiger partial charge < -0.3 is 14.7 Å². The van der Waals surface area contributed by atoms with Crippen LogP contribution in [0.5, 0.6) is 0 Å². The second-order valence-electron chi connectivity index (χ2n) is 8.22. The molecule has 176 valence electrons. The quantitative estimate of drug-likeness (QED) is 0.565. The van der Waals surface area contributed by atoms with Gasteiger partial charge in [-0.15, -0.1) is 0 Å². The minimum Gasteiger partial charge on any atom is -0.367 e. The Hall–Kier alpha value is -2.10. The van der Waals surface area contributed by atoms with E-state index in [2.05, 4.69) is 20.8 Å². The van der Waals surface area contributed by atoms with Crippen LogP contribution < -0.4 is 9.80 Å². The van der Waals surface area contributed by atoms with Crippen LogP contribution in [0.2, 0.25) is 5.02 Å². The van der Waals surface area contributed by atoms with Crippen LogP contribution in [0, 0.1) is 0 Å². The molecule has 0 spiro atoms. The number of carbonyl (C=O) groups excluding carboxylic acids is 2. The summed E-state index contributed by atoms with van der Waals surface area (Å²) in [5.41, 5.74) is 2.21. The van der Waals surface area contributed by atoms with Crippen molar-refractivity contribution >= 4 is 60.6 Å². The highest BCUT2D eigenvalue weighted by Gasteiger charge is 2.32. The fourth-order valence-corrected chi connectivity index (χ4v) is 6.83. The van der Waals surface area contributed by atoms with Crippen molar-refractivity contribution in [2.24, 2.45) is 0 Å². The molecule has 2 heterocycles. The summed E-state index contributed by atoms with van der Waals surface area (Å²) in [4.78, 5) is 30.3. The van der Waals surface area contributed by atoms with Crippen molar-refractivity contribution in [2.75, 3.05) is 48.3 Å². The zero-order valence-corrected chi connectivity index (χ0v) is 21.4. The first-order valence-electron chi connectivity index (χ1n) is 10.8. The first-order valence-corrected chi connectivity index (χ1v) is 13.6. The lowest BCUT2D eigenvalue weighted by Crippen LogP contribution is -2.49. The summed E-state index contributed by atoms with van der Waals surface area (Å²) in [6, 6.07) is 11.0. The number of halogens is 2. The Morgan fingerprint density at radius 1 is 1.06 bits per heavy atom. The molecule has 2 aromatic carbocycles. The van der Waals surface area contributed by atoms with E-state index in [0.717, 1.165) is 11.3 Å². The smallest absolute Gasteiger partial charge is 0.223 e. The normalized spacial score (nSPS) is 16.2. The molecule has 1 fully saturated rings. The van der Waals surface area contributed by atoms with E-state index in [1.54, 1.807) is 4.90 Å². The fourth-order valence-electron chi connectivity index (χ4n) is 4.42. The van der Waals surface area contributed by atoms with Gasteiger partial charge >= 0.3 is 0 Å². The number of amides is 2. The van der Waals surface area contributed by atoms with Crippen molar-refractivity contribution in [2.45, 2.75) is 24.7 Å². The van der Waals surface area contributed by atoms with Crippen molar-refractivity contribution in [3.8, 4) is 0 Å². The Balaban J connectivity index is 1.42. The number of hydrogen-bond donors (Lipinski definition) is 0. The molecular formula is C23H25BrClN3O4S. The van der Waals surface area contributed by atoms with Crippen molar-refractivity contribution in [1.29, 1.82) is 0 Å². The van der Waals surface area contributed by atoms with E-state index < -0.39 is 9.84 Å². The van der Waals surface area contributed by atoms with Crippen molar-refractivity contribution < 1.29 is 18.0 Å². The molecule has 1 saturated heterocycles. The van der Waals surface area contributed by atoms with Gasteiger partial charge in [0.15, 0.2) is 9.84 Å². The Morgan fingerprint density at radius 2 is 1.76 bits per heavy atom. The van der Waals surface area contributed by atoms with Gasteiger partial charge in [0.2, 0.25) is 11.8 Å². The summed E-state index contributed by atoms with van der Waals surface area (Å²) < 4.78 is 27.1. The second-order valence-corrected chi connectivity index (χ2v) is 11.6. The molecule has 2 aliphatic heterocycles. The fraction of sp³-hybridized carbons (Fsp3) is 0.391. The zero-order chi connectivity index (χ0) is 23.8. The monoisotopic (exact) mass is 553 g/mol. The topological polar surface area (TPSA) is 78.0 Å². The molecule has 0 saturated carbocycles. The van der Waals surface area contributed by atoms with E-state index >= 15 is 0 Å². The van der Waals surface area contributed by atoms with Gasteiger partial charge in [-0.25, -0.2) is 8.42 Å². The largest absolute Gasteiger partial charge is 0.367 e. The predicted octanol–water partition coefficient (Wildman–Crippen LogP) is 3.52. The third-order valence-electron chi connectivity index (χ3n) is 6.12. The number of anilines is 2. The zero-order valence-electron chi connectivity index (χ0n) is 18.3. The van der Waals surface area contributed by atoms with Gasteiger partial charge in [0.25, 0.3) is 0 Å². The van der Waals surface area contributed by atoms with E-state index in [4.69, 9.17) is 11.6 Å². The third-order valence-corrected chi connectivity index (χ3v) is 8.62. The number of rotatable bonds is 5. The van der Waals surface area contributed by atoms with Gasteiger partial charge in [-0.3, -0.25) is 9.59 Å². The highest BCUT2D eigenvalue weighted by atomic mass is 79.9. The maximum absolute atomic E-state index is 13.2. The van der Waals surface area contributed by atoms with E-state index in [1.165, 1.54) is 17.9 Å². The number of sulfone groups is 1. The number of benzene rings is 2. The Morgan fingerprint density at radius 3 is 2.42 bits per heavy atom. The number of nitrogens with zero attached hydrogens (tertiary/aromatic N) is 3. The third kappa shape index (κ3) is 5.05. The predicted molar refractivity (Wildman–Crippen MR) is 133 cm³/mol. The molecule has 0 bridgehead atoms. The van der Waals surface area contributed by atoms with Crippen molar-refractivity contribution in [3.05, 3.63) is 51.5 Å². The molecule has 0 unspecified atom stereocenters. The molecule has 0 N–H and O–H groups in total. The highest BCUT2D eigenvalue weighted by molar-refractivity contribution is 9.10. The van der Waals surface area contributed by atoms with Crippen LogP contribution in [0.4, 0.5) is 11.4 Å². The first-order chi connectivity index (χ1) is 15.7. The van der Waals surface area contributed by atoms with Gasteiger partial charge in [-0.1, -0.05) is 39.7 Å². The van der Waals surface area contributed by atoms with E-state index in [-0.39, 0.29) is 28.9 Å². The molecule has 4 rings (SSSR count). The minimum atomic E-state index is -3.77.